The van der Waals surface area contributed by atoms with E-state index in [2.05, 4.69) is 41.0 Å². The standard InChI is InChI=1S/C25H27N3O2S/c1-16-8-7-10-20(14-16)15-26-25-27-24-22(31(29,30)28-25)13-12-18(3)23(24)19(4)21-11-6-5-9-17(21)2/h5-14,19H,15H2,1-4H3,(H2,26,27,28). The number of anilines is 1. The Morgan fingerprint density at radius 2 is 1.71 bits per heavy atom. The van der Waals surface area contributed by atoms with Crippen LogP contribution in [0.25, 0.3) is 0 Å². The molecule has 160 valence electrons. The second-order valence-corrected chi connectivity index (χ2v) is 9.78. The van der Waals surface area contributed by atoms with Crippen LogP contribution in [0.15, 0.2) is 70.6 Å². The Kier molecular flexibility index (Phi) is 5.58. The molecule has 0 spiro atoms. The summed E-state index contributed by atoms with van der Waals surface area (Å²) in [5.41, 5.74) is 7.14. The number of nitrogens with zero attached hydrogens (tertiary/aromatic N) is 1. The van der Waals surface area contributed by atoms with Gasteiger partial charge in [0.25, 0.3) is 10.0 Å². The van der Waals surface area contributed by atoms with Gasteiger partial charge in [-0.15, -0.1) is 0 Å². The fourth-order valence-electron chi connectivity index (χ4n) is 4.22. The first kappa shape index (κ1) is 21.1. The van der Waals surface area contributed by atoms with Crippen molar-refractivity contribution in [2.24, 2.45) is 4.99 Å². The molecule has 0 fully saturated rings. The van der Waals surface area contributed by atoms with E-state index in [1.165, 1.54) is 11.1 Å². The number of benzene rings is 3. The summed E-state index contributed by atoms with van der Waals surface area (Å²) in [6, 6.07) is 19.8. The number of guanidine groups is 1. The van der Waals surface area contributed by atoms with Gasteiger partial charge in [0.2, 0.25) is 5.96 Å². The minimum atomic E-state index is -3.71. The van der Waals surface area contributed by atoms with Gasteiger partial charge in [0.15, 0.2) is 0 Å². The molecule has 3 aromatic carbocycles. The summed E-state index contributed by atoms with van der Waals surface area (Å²) in [6.07, 6.45) is 0. The maximum Gasteiger partial charge on any atom is 0.266 e. The van der Waals surface area contributed by atoms with Crippen molar-refractivity contribution < 1.29 is 8.42 Å². The lowest BCUT2D eigenvalue weighted by molar-refractivity contribution is 0.591. The molecule has 0 aromatic heterocycles. The summed E-state index contributed by atoms with van der Waals surface area (Å²) in [4.78, 5) is 4.78. The van der Waals surface area contributed by atoms with Crippen LogP contribution in [-0.2, 0) is 16.6 Å². The average molecular weight is 434 g/mol. The van der Waals surface area contributed by atoms with Crippen molar-refractivity contribution in [3.8, 4) is 0 Å². The van der Waals surface area contributed by atoms with E-state index in [0.717, 1.165) is 22.3 Å². The molecule has 1 heterocycles. The zero-order valence-electron chi connectivity index (χ0n) is 18.2. The van der Waals surface area contributed by atoms with Crippen molar-refractivity contribution in [1.29, 1.82) is 0 Å². The van der Waals surface area contributed by atoms with Crippen LogP contribution < -0.4 is 10.0 Å². The number of aryl methyl sites for hydroxylation is 3. The summed E-state index contributed by atoms with van der Waals surface area (Å²) >= 11 is 0. The minimum absolute atomic E-state index is 0.0231. The monoisotopic (exact) mass is 433 g/mol. The van der Waals surface area contributed by atoms with Crippen molar-refractivity contribution in [1.82, 2.24) is 4.72 Å². The van der Waals surface area contributed by atoms with E-state index in [1.54, 1.807) is 6.07 Å². The molecular weight excluding hydrogens is 406 g/mol. The van der Waals surface area contributed by atoms with Gasteiger partial charge >= 0.3 is 0 Å². The third kappa shape index (κ3) is 4.21. The van der Waals surface area contributed by atoms with Crippen LogP contribution in [0.1, 0.15) is 46.2 Å². The molecular formula is C25H27N3O2S. The second kappa shape index (κ2) is 8.19. The van der Waals surface area contributed by atoms with Gasteiger partial charge in [0.05, 0.1) is 12.2 Å². The zero-order chi connectivity index (χ0) is 22.2. The van der Waals surface area contributed by atoms with Gasteiger partial charge in [-0.1, -0.05) is 67.1 Å². The molecule has 1 atom stereocenters. The number of rotatable bonds is 4. The maximum atomic E-state index is 13.0. The number of hydrogen-bond donors (Lipinski definition) is 2. The molecule has 6 heteroatoms. The Morgan fingerprint density at radius 3 is 2.45 bits per heavy atom. The van der Waals surface area contributed by atoms with E-state index < -0.39 is 10.0 Å². The molecule has 0 aliphatic carbocycles. The number of aliphatic imine (C=N–C) groups is 1. The summed E-state index contributed by atoms with van der Waals surface area (Å²) in [5, 5.41) is 3.28. The maximum absolute atomic E-state index is 13.0. The van der Waals surface area contributed by atoms with Crippen LogP contribution in [0.3, 0.4) is 0 Å². The predicted octanol–water partition coefficient (Wildman–Crippen LogP) is 5.02. The molecule has 0 bridgehead atoms. The molecule has 2 N–H and O–H groups in total. The van der Waals surface area contributed by atoms with Crippen molar-refractivity contribution in [2.75, 3.05) is 5.32 Å². The van der Waals surface area contributed by atoms with Gasteiger partial charge in [-0.2, -0.15) is 0 Å². The Balaban J connectivity index is 1.77. The van der Waals surface area contributed by atoms with Crippen molar-refractivity contribution in [3.05, 3.63) is 94.0 Å². The lowest BCUT2D eigenvalue weighted by Gasteiger charge is -2.28. The van der Waals surface area contributed by atoms with Gasteiger partial charge < -0.3 is 5.32 Å². The average Bonchev–Trinajstić information content (AvgIpc) is 2.71. The number of sulfonamides is 1. The molecule has 3 aromatic rings. The quantitative estimate of drug-likeness (QED) is 0.607. The van der Waals surface area contributed by atoms with Gasteiger partial charge in [0.1, 0.15) is 4.90 Å². The van der Waals surface area contributed by atoms with E-state index in [1.807, 2.05) is 56.3 Å². The lowest BCUT2D eigenvalue weighted by atomic mass is 9.86. The molecule has 1 unspecified atom stereocenters. The van der Waals surface area contributed by atoms with Crippen LogP contribution in [0.2, 0.25) is 0 Å². The van der Waals surface area contributed by atoms with Crippen LogP contribution >= 0.6 is 0 Å². The predicted molar refractivity (Wildman–Crippen MR) is 126 cm³/mol. The summed E-state index contributed by atoms with van der Waals surface area (Å²) < 4.78 is 28.6. The van der Waals surface area contributed by atoms with E-state index in [-0.39, 0.29) is 16.8 Å². The SMILES string of the molecule is Cc1cccc(CN=C2Nc3c(ccc(C)c3C(C)c3ccccc3C)S(=O)(=O)N2)c1. The number of nitrogens with one attached hydrogen (secondary N) is 2. The topological polar surface area (TPSA) is 70.6 Å². The lowest BCUT2D eigenvalue weighted by Crippen LogP contribution is -2.41. The second-order valence-electron chi connectivity index (χ2n) is 8.13. The Bertz CT molecular complexity index is 1280. The van der Waals surface area contributed by atoms with Crippen LogP contribution in [0.5, 0.6) is 0 Å². The molecule has 31 heavy (non-hydrogen) atoms. The highest BCUT2D eigenvalue weighted by Crippen LogP contribution is 2.39. The summed E-state index contributed by atoms with van der Waals surface area (Å²) in [6.45, 7) is 8.62. The highest BCUT2D eigenvalue weighted by molar-refractivity contribution is 7.90. The molecule has 0 saturated heterocycles. The Labute approximate surface area is 184 Å². The van der Waals surface area contributed by atoms with Crippen LogP contribution in [0, 0.1) is 20.8 Å². The molecule has 1 aliphatic heterocycles. The highest BCUT2D eigenvalue weighted by Gasteiger charge is 2.31. The first-order valence-corrected chi connectivity index (χ1v) is 11.8. The summed E-state index contributed by atoms with van der Waals surface area (Å²) in [7, 11) is -3.71. The van der Waals surface area contributed by atoms with Gasteiger partial charge in [-0.3, -0.25) is 0 Å². The van der Waals surface area contributed by atoms with E-state index in [0.29, 0.717) is 12.2 Å². The first-order valence-electron chi connectivity index (χ1n) is 10.3. The smallest absolute Gasteiger partial charge is 0.266 e. The third-order valence-electron chi connectivity index (χ3n) is 5.78. The summed E-state index contributed by atoms with van der Waals surface area (Å²) in [5.74, 6) is 0.271. The number of fused-ring (bicyclic) bond motifs is 1. The van der Waals surface area contributed by atoms with Crippen molar-refractivity contribution in [3.63, 3.8) is 0 Å². The fourth-order valence-corrected chi connectivity index (χ4v) is 5.38. The van der Waals surface area contributed by atoms with Gasteiger partial charge in [0, 0.05) is 5.92 Å². The van der Waals surface area contributed by atoms with Crippen LogP contribution in [-0.4, -0.2) is 14.4 Å². The largest absolute Gasteiger partial charge is 0.324 e. The Hall–Kier alpha value is -3.12. The molecule has 5 nitrogen and oxygen atoms in total. The van der Waals surface area contributed by atoms with E-state index in [9.17, 15) is 8.42 Å². The minimum Gasteiger partial charge on any atom is -0.324 e. The third-order valence-corrected chi connectivity index (χ3v) is 7.16. The van der Waals surface area contributed by atoms with E-state index >= 15 is 0 Å². The normalized spacial score (nSPS) is 16.8. The zero-order valence-corrected chi connectivity index (χ0v) is 19.0. The number of hydrogen-bond acceptors (Lipinski definition) is 3. The van der Waals surface area contributed by atoms with Gasteiger partial charge in [-0.05, 0) is 54.7 Å². The van der Waals surface area contributed by atoms with E-state index in [4.69, 9.17) is 0 Å². The van der Waals surface area contributed by atoms with Crippen LogP contribution in [0.4, 0.5) is 5.69 Å². The van der Waals surface area contributed by atoms with Gasteiger partial charge in [-0.25, -0.2) is 18.1 Å². The molecule has 4 rings (SSSR count). The fraction of sp³-hybridized carbons (Fsp3) is 0.240. The Morgan fingerprint density at radius 1 is 0.935 bits per heavy atom. The molecule has 0 saturated carbocycles. The molecule has 0 radical (unpaired) electrons. The molecule has 0 amide bonds. The van der Waals surface area contributed by atoms with Crippen molar-refractivity contribution in [2.45, 2.75) is 45.1 Å². The highest BCUT2D eigenvalue weighted by atomic mass is 32.2. The molecule has 1 aliphatic rings. The van der Waals surface area contributed by atoms with Crippen molar-refractivity contribution >= 4 is 21.7 Å². The first-order chi connectivity index (χ1) is 14.8.